The molecule has 1 aromatic rings. The smallest absolute Gasteiger partial charge is 0.225 e. The van der Waals surface area contributed by atoms with Crippen LogP contribution in [-0.2, 0) is 20.8 Å². The summed E-state index contributed by atoms with van der Waals surface area (Å²) in [5.41, 5.74) is 3.05. The van der Waals surface area contributed by atoms with E-state index < -0.39 is 0 Å². The van der Waals surface area contributed by atoms with Gasteiger partial charge in [-0.25, -0.2) is 4.98 Å². The molecule has 3 rings (SSSR count). The van der Waals surface area contributed by atoms with E-state index in [2.05, 4.69) is 22.1 Å². The first kappa shape index (κ1) is 17.8. The molecule has 134 valence electrons. The van der Waals surface area contributed by atoms with E-state index in [0.717, 1.165) is 38.2 Å². The first-order chi connectivity index (χ1) is 11.7. The second-order valence-corrected chi connectivity index (χ2v) is 7.67. The van der Waals surface area contributed by atoms with Gasteiger partial charge in [-0.15, -0.1) is 11.3 Å². The van der Waals surface area contributed by atoms with Crippen molar-refractivity contribution in [2.45, 2.75) is 32.4 Å². The SMILES string of the molecule is COCCNC(=O)[C@@H]1CO[C@@H]2CCN(Cc3scnc3C)C[C@@H]2C1. The number of aryl methyl sites for hydroxylation is 1. The molecule has 7 heteroatoms. The number of nitrogens with one attached hydrogen (secondary N) is 1. The van der Waals surface area contributed by atoms with Crippen molar-refractivity contribution in [2.24, 2.45) is 11.8 Å². The Bertz CT molecular complexity index is 551. The highest BCUT2D eigenvalue weighted by molar-refractivity contribution is 7.09. The van der Waals surface area contributed by atoms with Crippen LogP contribution in [0.3, 0.4) is 0 Å². The van der Waals surface area contributed by atoms with Crippen molar-refractivity contribution in [3.63, 3.8) is 0 Å². The van der Waals surface area contributed by atoms with Crippen LogP contribution >= 0.6 is 11.3 Å². The van der Waals surface area contributed by atoms with Gasteiger partial charge in [-0.2, -0.15) is 0 Å². The molecule has 0 bridgehead atoms. The molecule has 1 N–H and O–H groups in total. The van der Waals surface area contributed by atoms with Crippen molar-refractivity contribution in [3.8, 4) is 0 Å². The maximum absolute atomic E-state index is 12.3. The van der Waals surface area contributed by atoms with Gasteiger partial charge in [0.2, 0.25) is 5.91 Å². The second kappa shape index (κ2) is 8.38. The van der Waals surface area contributed by atoms with Crippen molar-refractivity contribution < 1.29 is 14.3 Å². The minimum atomic E-state index is -0.0341. The van der Waals surface area contributed by atoms with E-state index in [9.17, 15) is 4.79 Å². The molecule has 1 amide bonds. The third-order valence-electron chi connectivity index (χ3n) is 5.04. The van der Waals surface area contributed by atoms with Gasteiger partial charge in [-0.05, 0) is 25.7 Å². The van der Waals surface area contributed by atoms with Crippen molar-refractivity contribution in [1.29, 1.82) is 0 Å². The van der Waals surface area contributed by atoms with Crippen LogP contribution in [-0.4, -0.2) is 61.9 Å². The summed E-state index contributed by atoms with van der Waals surface area (Å²) >= 11 is 1.73. The lowest BCUT2D eigenvalue weighted by atomic mass is 9.83. The fourth-order valence-corrected chi connectivity index (χ4v) is 4.45. The summed E-state index contributed by atoms with van der Waals surface area (Å²) in [4.78, 5) is 20.4. The molecule has 6 nitrogen and oxygen atoms in total. The summed E-state index contributed by atoms with van der Waals surface area (Å²) in [5, 5.41) is 2.94. The summed E-state index contributed by atoms with van der Waals surface area (Å²) in [6, 6.07) is 0. The van der Waals surface area contributed by atoms with E-state index in [1.165, 1.54) is 4.88 Å². The Hall–Kier alpha value is -1.02. The van der Waals surface area contributed by atoms with Gasteiger partial charge >= 0.3 is 0 Å². The van der Waals surface area contributed by atoms with Crippen molar-refractivity contribution in [3.05, 3.63) is 16.1 Å². The number of hydrogen-bond donors (Lipinski definition) is 1. The van der Waals surface area contributed by atoms with Gasteiger partial charge in [0.15, 0.2) is 0 Å². The molecule has 24 heavy (non-hydrogen) atoms. The predicted molar refractivity (Wildman–Crippen MR) is 93.0 cm³/mol. The highest BCUT2D eigenvalue weighted by atomic mass is 32.1. The van der Waals surface area contributed by atoms with Crippen LogP contribution < -0.4 is 5.32 Å². The quantitative estimate of drug-likeness (QED) is 0.784. The van der Waals surface area contributed by atoms with Crippen molar-refractivity contribution in [2.75, 3.05) is 40.0 Å². The molecular formula is C17H27N3O3S. The molecule has 0 saturated carbocycles. The number of hydrogen-bond acceptors (Lipinski definition) is 6. The van der Waals surface area contributed by atoms with Gasteiger partial charge < -0.3 is 14.8 Å². The van der Waals surface area contributed by atoms with Gasteiger partial charge in [-0.1, -0.05) is 0 Å². The summed E-state index contributed by atoms with van der Waals surface area (Å²) in [5.74, 6) is 0.507. The third kappa shape index (κ3) is 4.33. The Morgan fingerprint density at radius 1 is 1.58 bits per heavy atom. The monoisotopic (exact) mass is 353 g/mol. The predicted octanol–water partition coefficient (Wildman–Crippen LogP) is 1.44. The zero-order valence-corrected chi connectivity index (χ0v) is 15.3. The van der Waals surface area contributed by atoms with Crippen molar-refractivity contribution in [1.82, 2.24) is 15.2 Å². The number of amides is 1. The molecule has 2 aliphatic rings. The molecular weight excluding hydrogens is 326 g/mol. The molecule has 0 unspecified atom stereocenters. The number of nitrogens with zero attached hydrogens (tertiary/aromatic N) is 2. The lowest BCUT2D eigenvalue weighted by Gasteiger charge is -2.43. The zero-order valence-electron chi connectivity index (χ0n) is 14.5. The summed E-state index contributed by atoms with van der Waals surface area (Å²) in [7, 11) is 1.64. The molecule has 2 saturated heterocycles. The van der Waals surface area contributed by atoms with Gasteiger partial charge in [0.1, 0.15) is 0 Å². The molecule has 2 aliphatic heterocycles. The number of methoxy groups -OCH3 is 1. The Labute approximate surface area is 147 Å². The Kier molecular flexibility index (Phi) is 6.21. The van der Waals surface area contributed by atoms with E-state index >= 15 is 0 Å². The molecule has 0 spiro atoms. The van der Waals surface area contributed by atoms with Gasteiger partial charge in [-0.3, -0.25) is 9.69 Å². The Balaban J connectivity index is 1.51. The fraction of sp³-hybridized carbons (Fsp3) is 0.765. The van der Waals surface area contributed by atoms with Gasteiger partial charge in [0.25, 0.3) is 0 Å². The van der Waals surface area contributed by atoms with Crippen molar-refractivity contribution >= 4 is 17.2 Å². The Morgan fingerprint density at radius 3 is 3.21 bits per heavy atom. The molecule has 0 radical (unpaired) electrons. The van der Waals surface area contributed by atoms with Gasteiger partial charge in [0, 0.05) is 38.2 Å². The fourth-order valence-electron chi connectivity index (χ4n) is 3.63. The average molecular weight is 353 g/mol. The van der Waals surface area contributed by atoms with Crippen LogP contribution in [0.25, 0.3) is 0 Å². The molecule has 3 atom stereocenters. The number of ether oxygens (including phenoxy) is 2. The zero-order chi connectivity index (χ0) is 16.9. The molecule has 2 fully saturated rings. The highest BCUT2D eigenvalue weighted by Gasteiger charge is 2.38. The van der Waals surface area contributed by atoms with Crippen LogP contribution in [0.15, 0.2) is 5.51 Å². The van der Waals surface area contributed by atoms with E-state index in [-0.39, 0.29) is 11.8 Å². The number of aromatic nitrogens is 1. The van der Waals surface area contributed by atoms with E-state index in [1.807, 2.05) is 5.51 Å². The summed E-state index contributed by atoms with van der Waals surface area (Å²) in [6.07, 6.45) is 2.29. The van der Waals surface area contributed by atoms with Crippen LogP contribution in [0.2, 0.25) is 0 Å². The van der Waals surface area contributed by atoms with Crippen LogP contribution in [0, 0.1) is 18.8 Å². The largest absolute Gasteiger partial charge is 0.383 e. The lowest BCUT2D eigenvalue weighted by molar-refractivity contribution is -0.139. The number of carbonyl (C=O) groups excluding carboxylic acids is 1. The number of fused-ring (bicyclic) bond motifs is 1. The second-order valence-electron chi connectivity index (χ2n) is 6.73. The molecule has 0 aromatic carbocycles. The van der Waals surface area contributed by atoms with E-state index in [4.69, 9.17) is 9.47 Å². The number of piperidine rings is 1. The molecule has 1 aromatic heterocycles. The third-order valence-corrected chi connectivity index (χ3v) is 5.96. The Morgan fingerprint density at radius 2 is 2.46 bits per heavy atom. The highest BCUT2D eigenvalue weighted by Crippen LogP contribution is 2.32. The molecule has 3 heterocycles. The van der Waals surface area contributed by atoms with Crippen LogP contribution in [0.1, 0.15) is 23.4 Å². The number of likely N-dealkylation sites (tertiary alicyclic amines) is 1. The minimum Gasteiger partial charge on any atom is -0.383 e. The van der Waals surface area contributed by atoms with Crippen LogP contribution in [0.5, 0.6) is 0 Å². The molecule has 0 aliphatic carbocycles. The van der Waals surface area contributed by atoms with E-state index in [1.54, 1.807) is 18.4 Å². The average Bonchev–Trinajstić information content (AvgIpc) is 2.99. The van der Waals surface area contributed by atoms with Gasteiger partial charge in [0.05, 0.1) is 36.4 Å². The first-order valence-electron chi connectivity index (χ1n) is 8.67. The number of rotatable bonds is 6. The number of carbonyl (C=O) groups is 1. The first-order valence-corrected chi connectivity index (χ1v) is 9.55. The minimum absolute atomic E-state index is 0.0341. The maximum Gasteiger partial charge on any atom is 0.225 e. The normalized spacial score (nSPS) is 27.7. The standard InChI is InChI=1S/C17H27N3O3S/c1-12-16(24-11-19-12)9-20-5-3-15-13(8-20)7-14(10-23-15)17(21)18-4-6-22-2/h11,13-15H,3-10H2,1-2H3,(H,18,21)/t13-,14-,15+/m0/s1. The topological polar surface area (TPSA) is 63.7 Å². The van der Waals surface area contributed by atoms with E-state index in [0.29, 0.717) is 31.8 Å². The number of thiazole rings is 1. The maximum atomic E-state index is 12.3. The summed E-state index contributed by atoms with van der Waals surface area (Å²) < 4.78 is 11.0. The van der Waals surface area contributed by atoms with Crippen LogP contribution in [0.4, 0.5) is 0 Å². The lowest BCUT2D eigenvalue weighted by Crippen LogP contribution is -2.50. The summed E-state index contributed by atoms with van der Waals surface area (Å²) in [6.45, 7) is 6.76.